The topological polar surface area (TPSA) is 76.8 Å². The van der Waals surface area contributed by atoms with Crippen LogP contribution in [0.15, 0.2) is 10.6 Å². The van der Waals surface area contributed by atoms with Crippen LogP contribution in [0.2, 0.25) is 0 Å². The van der Waals surface area contributed by atoms with E-state index in [9.17, 15) is 5.11 Å². The van der Waals surface area contributed by atoms with Crippen molar-refractivity contribution in [2.45, 2.75) is 39.0 Å². The summed E-state index contributed by atoms with van der Waals surface area (Å²) in [6.07, 6.45) is 1.99. The lowest BCUT2D eigenvalue weighted by atomic mass is 10.3. The van der Waals surface area contributed by atoms with E-state index in [0.717, 1.165) is 12.2 Å². The van der Waals surface area contributed by atoms with Gasteiger partial charge in [-0.15, -0.1) is 0 Å². The lowest BCUT2D eigenvalue weighted by Crippen LogP contribution is -2.32. The molecule has 2 N–H and O–H groups in total. The van der Waals surface area contributed by atoms with Crippen LogP contribution in [0.3, 0.4) is 0 Å². The third-order valence-corrected chi connectivity index (χ3v) is 2.58. The van der Waals surface area contributed by atoms with Gasteiger partial charge in [-0.1, -0.05) is 6.92 Å². The number of rotatable bonds is 10. The number of ether oxygens (including phenoxy) is 2. The molecule has 6 heteroatoms. The van der Waals surface area contributed by atoms with Crippen LogP contribution in [-0.4, -0.2) is 49.2 Å². The Morgan fingerprint density at radius 3 is 2.89 bits per heavy atom. The number of aryl methyl sites for hydroxylation is 1. The Bertz CT molecular complexity index is 343. The predicted octanol–water partition coefficient (Wildman–Crippen LogP) is 0.739. The smallest absolute Gasteiger partial charge is 0.208 e. The van der Waals surface area contributed by atoms with E-state index in [2.05, 4.69) is 10.3 Å². The van der Waals surface area contributed by atoms with E-state index < -0.39 is 6.10 Å². The first-order valence-corrected chi connectivity index (χ1v) is 6.58. The second kappa shape index (κ2) is 9.03. The van der Waals surface area contributed by atoms with Crippen LogP contribution in [0.1, 0.15) is 25.5 Å². The SMILES string of the molecule is CCc1cnc(CNCC(O)COC(C)COC)o1. The van der Waals surface area contributed by atoms with Crippen molar-refractivity contribution in [3.05, 3.63) is 17.8 Å². The molecule has 1 aromatic heterocycles. The summed E-state index contributed by atoms with van der Waals surface area (Å²) >= 11 is 0. The molecule has 1 heterocycles. The fourth-order valence-corrected chi connectivity index (χ4v) is 1.56. The van der Waals surface area contributed by atoms with Crippen LogP contribution in [0.4, 0.5) is 0 Å². The fourth-order valence-electron chi connectivity index (χ4n) is 1.56. The number of nitrogens with zero attached hydrogens (tertiary/aromatic N) is 1. The van der Waals surface area contributed by atoms with E-state index in [1.54, 1.807) is 13.3 Å². The Morgan fingerprint density at radius 1 is 1.47 bits per heavy atom. The van der Waals surface area contributed by atoms with E-state index in [1.807, 2.05) is 13.8 Å². The van der Waals surface area contributed by atoms with Gasteiger partial charge in [0.25, 0.3) is 0 Å². The second-order valence-corrected chi connectivity index (χ2v) is 4.46. The zero-order valence-electron chi connectivity index (χ0n) is 11.9. The van der Waals surface area contributed by atoms with Crippen molar-refractivity contribution in [3.63, 3.8) is 0 Å². The molecular weight excluding hydrogens is 248 g/mol. The molecule has 2 unspecified atom stereocenters. The molecule has 0 aliphatic carbocycles. The third kappa shape index (κ3) is 6.68. The van der Waals surface area contributed by atoms with Gasteiger partial charge in [0, 0.05) is 20.1 Å². The molecule has 0 fully saturated rings. The van der Waals surface area contributed by atoms with Crippen LogP contribution >= 0.6 is 0 Å². The van der Waals surface area contributed by atoms with Gasteiger partial charge in [0.15, 0.2) is 0 Å². The zero-order chi connectivity index (χ0) is 14.1. The molecule has 1 aromatic rings. The van der Waals surface area contributed by atoms with E-state index >= 15 is 0 Å². The highest BCUT2D eigenvalue weighted by atomic mass is 16.5. The maximum absolute atomic E-state index is 9.72. The summed E-state index contributed by atoms with van der Waals surface area (Å²) in [4.78, 5) is 4.12. The highest BCUT2D eigenvalue weighted by Gasteiger charge is 2.08. The molecule has 1 rings (SSSR count). The second-order valence-electron chi connectivity index (χ2n) is 4.46. The number of hydrogen-bond acceptors (Lipinski definition) is 6. The largest absolute Gasteiger partial charge is 0.444 e. The van der Waals surface area contributed by atoms with Gasteiger partial charge >= 0.3 is 0 Å². The maximum atomic E-state index is 9.72. The molecular formula is C13H24N2O4. The Hall–Kier alpha value is -0.950. The first-order chi connectivity index (χ1) is 9.15. The summed E-state index contributed by atoms with van der Waals surface area (Å²) in [5.74, 6) is 1.51. The van der Waals surface area contributed by atoms with Crippen molar-refractivity contribution in [2.75, 3.05) is 26.9 Å². The average molecular weight is 272 g/mol. The molecule has 6 nitrogen and oxygen atoms in total. The van der Waals surface area contributed by atoms with Gasteiger partial charge in [-0.05, 0) is 6.92 Å². The maximum Gasteiger partial charge on any atom is 0.208 e. The third-order valence-electron chi connectivity index (χ3n) is 2.58. The van der Waals surface area contributed by atoms with Gasteiger partial charge in [0.2, 0.25) is 5.89 Å². The van der Waals surface area contributed by atoms with Gasteiger partial charge in [-0.25, -0.2) is 4.98 Å². The lowest BCUT2D eigenvalue weighted by Gasteiger charge is -2.15. The van der Waals surface area contributed by atoms with Crippen molar-refractivity contribution in [2.24, 2.45) is 0 Å². The molecule has 0 aliphatic heterocycles. The number of nitrogens with one attached hydrogen (secondary N) is 1. The molecule has 19 heavy (non-hydrogen) atoms. The lowest BCUT2D eigenvalue weighted by molar-refractivity contribution is -0.0312. The van der Waals surface area contributed by atoms with Crippen LogP contribution < -0.4 is 5.32 Å². The van der Waals surface area contributed by atoms with E-state index in [0.29, 0.717) is 25.6 Å². The summed E-state index contributed by atoms with van der Waals surface area (Å²) < 4.78 is 15.8. The first kappa shape index (κ1) is 16.1. The molecule has 0 radical (unpaired) electrons. The molecule has 0 aliphatic rings. The van der Waals surface area contributed by atoms with Crippen LogP contribution in [0, 0.1) is 0 Å². The molecule has 2 atom stereocenters. The highest BCUT2D eigenvalue weighted by Crippen LogP contribution is 2.03. The minimum atomic E-state index is -0.556. The van der Waals surface area contributed by atoms with Crippen molar-refractivity contribution in [1.29, 1.82) is 0 Å². The number of hydrogen-bond donors (Lipinski definition) is 2. The monoisotopic (exact) mass is 272 g/mol. The van der Waals surface area contributed by atoms with Crippen molar-refractivity contribution in [1.82, 2.24) is 10.3 Å². The van der Waals surface area contributed by atoms with Crippen molar-refractivity contribution >= 4 is 0 Å². The van der Waals surface area contributed by atoms with E-state index in [-0.39, 0.29) is 12.7 Å². The summed E-state index contributed by atoms with van der Waals surface area (Å²) in [7, 11) is 1.62. The van der Waals surface area contributed by atoms with Gasteiger partial charge in [0.1, 0.15) is 5.76 Å². The van der Waals surface area contributed by atoms with Crippen LogP contribution in [-0.2, 0) is 22.4 Å². The summed E-state index contributed by atoms with van der Waals surface area (Å²) in [5.41, 5.74) is 0. The standard InChI is InChI=1S/C13H24N2O4/c1-4-12-6-15-13(19-12)7-14-5-11(16)9-18-10(2)8-17-3/h6,10-11,14,16H,4-5,7-9H2,1-3H3. The Labute approximate surface area is 114 Å². The minimum absolute atomic E-state index is 0.0153. The van der Waals surface area contributed by atoms with Crippen molar-refractivity contribution < 1.29 is 19.0 Å². The van der Waals surface area contributed by atoms with E-state index in [4.69, 9.17) is 13.9 Å². The summed E-state index contributed by atoms with van der Waals surface area (Å²) in [6.45, 7) is 5.66. The zero-order valence-corrected chi connectivity index (χ0v) is 11.9. The number of oxazole rings is 1. The molecule has 0 spiro atoms. The van der Waals surface area contributed by atoms with Crippen LogP contribution in [0.25, 0.3) is 0 Å². The van der Waals surface area contributed by atoms with Crippen molar-refractivity contribution in [3.8, 4) is 0 Å². The number of aliphatic hydroxyl groups is 1. The van der Waals surface area contributed by atoms with Gasteiger partial charge in [-0.2, -0.15) is 0 Å². The number of methoxy groups -OCH3 is 1. The normalized spacial score (nSPS) is 14.5. The Balaban J connectivity index is 2.11. The number of aromatic nitrogens is 1. The van der Waals surface area contributed by atoms with Crippen LogP contribution in [0.5, 0.6) is 0 Å². The molecule has 0 saturated carbocycles. The van der Waals surface area contributed by atoms with Gasteiger partial charge < -0.3 is 24.3 Å². The van der Waals surface area contributed by atoms with Gasteiger partial charge in [-0.3, -0.25) is 0 Å². The fraction of sp³-hybridized carbons (Fsp3) is 0.769. The van der Waals surface area contributed by atoms with E-state index in [1.165, 1.54) is 0 Å². The minimum Gasteiger partial charge on any atom is -0.444 e. The Kier molecular flexibility index (Phi) is 7.66. The number of aliphatic hydroxyl groups excluding tert-OH is 1. The predicted molar refractivity (Wildman–Crippen MR) is 70.9 cm³/mol. The molecule has 0 aromatic carbocycles. The highest BCUT2D eigenvalue weighted by molar-refractivity contribution is 4.93. The Morgan fingerprint density at radius 2 is 2.26 bits per heavy atom. The van der Waals surface area contributed by atoms with Gasteiger partial charge in [0.05, 0.1) is 38.2 Å². The molecule has 0 saturated heterocycles. The molecule has 0 amide bonds. The summed E-state index contributed by atoms with van der Waals surface area (Å²) in [5, 5.41) is 12.8. The average Bonchev–Trinajstić information content (AvgIpc) is 2.85. The quantitative estimate of drug-likeness (QED) is 0.654. The summed E-state index contributed by atoms with van der Waals surface area (Å²) in [6, 6.07) is 0. The first-order valence-electron chi connectivity index (χ1n) is 6.58. The molecule has 110 valence electrons. The molecule has 0 bridgehead atoms.